The molecule has 0 saturated heterocycles. The average molecular weight is 367 g/mol. The SMILES string of the molecule is CCNC(=O)C[NH+](CC)CC(=O)Nc1sc2c(c1C(N)=O)CCCC2. The topological polar surface area (TPSA) is 106 Å². The number of aryl methyl sites for hydroxylation is 1. The van der Waals surface area contributed by atoms with E-state index >= 15 is 0 Å². The molecule has 5 N–H and O–H groups in total. The van der Waals surface area contributed by atoms with E-state index in [4.69, 9.17) is 5.73 Å². The highest BCUT2D eigenvalue weighted by Crippen LogP contribution is 2.37. The smallest absolute Gasteiger partial charge is 0.280 e. The molecule has 1 heterocycles. The molecule has 8 heteroatoms. The second-order valence-electron chi connectivity index (χ2n) is 6.24. The molecule has 25 heavy (non-hydrogen) atoms. The van der Waals surface area contributed by atoms with Gasteiger partial charge in [0.2, 0.25) is 0 Å². The first-order valence-electron chi connectivity index (χ1n) is 8.80. The normalized spacial score (nSPS) is 14.5. The Kier molecular flexibility index (Phi) is 6.95. The Hall–Kier alpha value is -1.93. The Morgan fingerprint density at radius 1 is 1.12 bits per heavy atom. The zero-order valence-corrected chi connectivity index (χ0v) is 15.7. The van der Waals surface area contributed by atoms with Gasteiger partial charge in [-0.1, -0.05) is 0 Å². The fourth-order valence-electron chi connectivity index (χ4n) is 3.11. The highest BCUT2D eigenvalue weighted by molar-refractivity contribution is 7.17. The predicted octanol–water partition coefficient (Wildman–Crippen LogP) is -0.295. The number of quaternary nitrogens is 1. The summed E-state index contributed by atoms with van der Waals surface area (Å²) in [6, 6.07) is 0. The molecular formula is C17H27N4O3S+. The summed E-state index contributed by atoms with van der Waals surface area (Å²) < 4.78 is 0. The van der Waals surface area contributed by atoms with Crippen molar-refractivity contribution in [3.05, 3.63) is 16.0 Å². The molecule has 0 aliphatic heterocycles. The van der Waals surface area contributed by atoms with Crippen molar-refractivity contribution in [2.45, 2.75) is 39.5 Å². The molecule has 0 fully saturated rings. The van der Waals surface area contributed by atoms with Gasteiger partial charge in [0.05, 0.1) is 12.1 Å². The van der Waals surface area contributed by atoms with Crippen LogP contribution in [0.1, 0.15) is 47.5 Å². The highest BCUT2D eigenvalue weighted by atomic mass is 32.1. The van der Waals surface area contributed by atoms with Crippen molar-refractivity contribution in [3.63, 3.8) is 0 Å². The van der Waals surface area contributed by atoms with Crippen LogP contribution in [0.25, 0.3) is 0 Å². The van der Waals surface area contributed by atoms with E-state index in [1.165, 1.54) is 11.3 Å². The monoisotopic (exact) mass is 367 g/mol. The minimum Gasteiger partial charge on any atom is -0.365 e. The number of carbonyl (C=O) groups excluding carboxylic acids is 3. The average Bonchev–Trinajstić information content (AvgIpc) is 2.92. The van der Waals surface area contributed by atoms with Crippen molar-refractivity contribution in [1.82, 2.24) is 5.32 Å². The van der Waals surface area contributed by atoms with E-state index in [2.05, 4.69) is 10.6 Å². The fourth-order valence-corrected chi connectivity index (χ4v) is 4.42. The molecule has 1 aliphatic carbocycles. The summed E-state index contributed by atoms with van der Waals surface area (Å²) in [4.78, 5) is 38.0. The molecular weight excluding hydrogens is 340 g/mol. The van der Waals surface area contributed by atoms with Crippen molar-refractivity contribution < 1.29 is 19.3 Å². The fraction of sp³-hybridized carbons (Fsp3) is 0.588. The molecule has 7 nitrogen and oxygen atoms in total. The van der Waals surface area contributed by atoms with Crippen molar-refractivity contribution in [1.29, 1.82) is 0 Å². The molecule has 1 aromatic heterocycles. The number of hydrogen-bond donors (Lipinski definition) is 4. The molecule has 1 unspecified atom stereocenters. The largest absolute Gasteiger partial charge is 0.365 e. The van der Waals surface area contributed by atoms with E-state index in [1.807, 2.05) is 13.8 Å². The van der Waals surface area contributed by atoms with Crippen molar-refractivity contribution in [3.8, 4) is 0 Å². The van der Waals surface area contributed by atoms with Crippen LogP contribution in [-0.4, -0.2) is 43.9 Å². The molecule has 1 aromatic rings. The number of thiophene rings is 1. The van der Waals surface area contributed by atoms with Crippen LogP contribution < -0.4 is 21.3 Å². The van der Waals surface area contributed by atoms with Gasteiger partial charge in [0, 0.05) is 11.4 Å². The van der Waals surface area contributed by atoms with Gasteiger partial charge in [0.25, 0.3) is 17.7 Å². The number of hydrogen-bond acceptors (Lipinski definition) is 4. The van der Waals surface area contributed by atoms with Gasteiger partial charge in [-0.15, -0.1) is 11.3 Å². The third kappa shape index (κ3) is 5.02. The number of carbonyl (C=O) groups is 3. The summed E-state index contributed by atoms with van der Waals surface area (Å²) >= 11 is 1.45. The predicted molar refractivity (Wildman–Crippen MR) is 98.0 cm³/mol. The van der Waals surface area contributed by atoms with Gasteiger partial charge in [0.1, 0.15) is 5.00 Å². The summed E-state index contributed by atoms with van der Waals surface area (Å²) in [6.07, 6.45) is 3.90. The first-order chi connectivity index (χ1) is 12.0. The maximum atomic E-state index is 12.4. The van der Waals surface area contributed by atoms with E-state index in [0.717, 1.165) is 41.0 Å². The second-order valence-corrected chi connectivity index (χ2v) is 7.34. The quantitative estimate of drug-likeness (QED) is 0.507. The van der Waals surface area contributed by atoms with Crippen molar-refractivity contribution in [2.75, 3.05) is 31.5 Å². The first-order valence-corrected chi connectivity index (χ1v) is 9.62. The lowest BCUT2D eigenvalue weighted by atomic mass is 9.95. The van der Waals surface area contributed by atoms with E-state index < -0.39 is 5.91 Å². The van der Waals surface area contributed by atoms with Gasteiger partial charge in [-0.2, -0.15) is 0 Å². The molecule has 0 aromatic carbocycles. The van der Waals surface area contributed by atoms with E-state index in [1.54, 1.807) is 0 Å². The lowest BCUT2D eigenvalue weighted by molar-refractivity contribution is -0.881. The zero-order chi connectivity index (χ0) is 18.4. The number of rotatable bonds is 8. The number of likely N-dealkylation sites (N-methyl/N-ethyl adjacent to an activating group) is 2. The van der Waals surface area contributed by atoms with E-state index in [-0.39, 0.29) is 24.9 Å². The minimum absolute atomic E-state index is 0.0726. The number of amides is 3. The summed E-state index contributed by atoms with van der Waals surface area (Å²) in [6.45, 7) is 5.45. The number of anilines is 1. The standard InChI is InChI=1S/C17H26N4O3S/c1-3-19-13(22)9-21(4-2)10-14(23)20-17-15(16(18)24)11-7-5-6-8-12(11)25-17/h3-10H2,1-2H3,(H2,18,24)(H,19,22)(H,20,23)/p+1. The maximum Gasteiger partial charge on any atom is 0.280 e. The Morgan fingerprint density at radius 2 is 1.80 bits per heavy atom. The number of nitrogens with two attached hydrogens (primary N) is 1. The van der Waals surface area contributed by atoms with E-state index in [0.29, 0.717) is 23.7 Å². The Labute approximate surface area is 151 Å². The second kappa shape index (κ2) is 8.96. The van der Waals surface area contributed by atoms with Gasteiger partial charge in [-0.25, -0.2) is 0 Å². The van der Waals surface area contributed by atoms with Gasteiger partial charge in [-0.05, 0) is 45.1 Å². The van der Waals surface area contributed by atoms with Crippen LogP contribution in [0.5, 0.6) is 0 Å². The lowest BCUT2D eigenvalue weighted by Gasteiger charge is -2.16. The molecule has 0 bridgehead atoms. The summed E-state index contributed by atoms with van der Waals surface area (Å²) in [5.74, 6) is -0.768. The van der Waals surface area contributed by atoms with Crippen LogP contribution in [0.2, 0.25) is 0 Å². The molecule has 3 amide bonds. The minimum atomic E-state index is -0.489. The van der Waals surface area contributed by atoms with Crippen molar-refractivity contribution in [2.24, 2.45) is 5.73 Å². The van der Waals surface area contributed by atoms with Gasteiger partial charge in [0.15, 0.2) is 13.1 Å². The van der Waals surface area contributed by atoms with Crippen LogP contribution >= 0.6 is 11.3 Å². The number of nitrogens with one attached hydrogen (secondary N) is 3. The van der Waals surface area contributed by atoms with Crippen LogP contribution in [-0.2, 0) is 22.4 Å². The Bertz CT molecular complexity index is 657. The Morgan fingerprint density at radius 3 is 2.44 bits per heavy atom. The van der Waals surface area contributed by atoms with Gasteiger partial charge >= 0.3 is 0 Å². The molecule has 2 rings (SSSR count). The van der Waals surface area contributed by atoms with Gasteiger partial charge in [-0.3, -0.25) is 14.4 Å². The summed E-state index contributed by atoms with van der Waals surface area (Å²) in [5.41, 5.74) is 7.01. The molecule has 1 aliphatic rings. The van der Waals surface area contributed by atoms with Gasteiger partial charge < -0.3 is 21.3 Å². The molecule has 0 saturated carbocycles. The molecule has 1 atom stereocenters. The maximum absolute atomic E-state index is 12.4. The lowest BCUT2D eigenvalue weighted by Crippen LogP contribution is -3.14. The first kappa shape index (κ1) is 19.4. The van der Waals surface area contributed by atoms with Crippen molar-refractivity contribution >= 4 is 34.1 Å². The summed E-state index contributed by atoms with van der Waals surface area (Å²) in [7, 11) is 0. The third-order valence-electron chi connectivity index (χ3n) is 4.37. The molecule has 138 valence electrons. The third-order valence-corrected chi connectivity index (χ3v) is 5.57. The van der Waals surface area contributed by atoms with Crippen LogP contribution in [0.15, 0.2) is 0 Å². The van der Waals surface area contributed by atoms with Crippen LogP contribution in [0.3, 0.4) is 0 Å². The van der Waals surface area contributed by atoms with Crippen LogP contribution in [0, 0.1) is 0 Å². The highest BCUT2D eigenvalue weighted by Gasteiger charge is 2.26. The number of primary amides is 1. The Balaban J connectivity index is 2.06. The van der Waals surface area contributed by atoms with E-state index in [9.17, 15) is 14.4 Å². The van der Waals surface area contributed by atoms with Crippen LogP contribution in [0.4, 0.5) is 5.00 Å². The molecule has 0 spiro atoms. The molecule has 0 radical (unpaired) electrons. The number of fused-ring (bicyclic) bond motifs is 1. The zero-order valence-electron chi connectivity index (χ0n) is 14.9. The summed E-state index contributed by atoms with van der Waals surface area (Å²) in [5, 5.41) is 6.14.